The maximum atomic E-state index is 11.8. The maximum Gasteiger partial charge on any atom is 0.227 e. The Morgan fingerprint density at radius 2 is 2.06 bits per heavy atom. The molecule has 4 heteroatoms. The lowest BCUT2D eigenvalue weighted by molar-refractivity contribution is -0.117. The zero-order valence-corrected chi connectivity index (χ0v) is 10.5. The summed E-state index contributed by atoms with van der Waals surface area (Å²) in [4.78, 5) is 13.6. The van der Waals surface area contributed by atoms with Crippen molar-refractivity contribution in [1.29, 1.82) is 0 Å². The molecule has 1 N–H and O–H groups in total. The van der Waals surface area contributed by atoms with Gasteiger partial charge in [0.05, 0.1) is 6.61 Å². The second-order valence-corrected chi connectivity index (χ2v) is 4.70. The minimum Gasteiger partial charge on any atom is -0.392 e. The predicted molar refractivity (Wildman–Crippen MR) is 66.6 cm³/mol. The first kappa shape index (κ1) is 11.6. The van der Waals surface area contributed by atoms with Crippen LogP contribution in [0.2, 0.25) is 0 Å². The van der Waals surface area contributed by atoms with Crippen molar-refractivity contribution in [1.82, 2.24) is 0 Å². The third kappa shape index (κ3) is 2.28. The molecule has 0 bridgehead atoms. The average Bonchev–Trinajstić information content (AvgIpc) is 2.71. The molecule has 0 saturated carbocycles. The SMILES string of the molecule is O=C1CC(CBr)CN1c1ccc(CO)cc1. The minimum atomic E-state index is 0.0399. The molecule has 1 heterocycles. The van der Waals surface area contributed by atoms with Crippen molar-refractivity contribution in [2.24, 2.45) is 5.92 Å². The lowest BCUT2D eigenvalue weighted by Crippen LogP contribution is -2.24. The van der Waals surface area contributed by atoms with Gasteiger partial charge < -0.3 is 10.0 Å². The average molecular weight is 284 g/mol. The molecule has 1 aliphatic rings. The summed E-state index contributed by atoms with van der Waals surface area (Å²) in [5, 5.41) is 9.80. The number of alkyl halides is 1. The van der Waals surface area contributed by atoms with Crippen molar-refractivity contribution in [3.8, 4) is 0 Å². The number of amides is 1. The Hall–Kier alpha value is -0.870. The summed E-state index contributed by atoms with van der Waals surface area (Å²) >= 11 is 3.41. The molecular weight excluding hydrogens is 270 g/mol. The number of aliphatic hydroxyl groups excluding tert-OH is 1. The maximum absolute atomic E-state index is 11.8. The van der Waals surface area contributed by atoms with E-state index in [0.717, 1.165) is 23.1 Å². The van der Waals surface area contributed by atoms with Crippen LogP contribution in [-0.4, -0.2) is 22.9 Å². The van der Waals surface area contributed by atoms with Crippen LogP contribution in [0, 0.1) is 5.92 Å². The Balaban J connectivity index is 2.15. The van der Waals surface area contributed by atoms with Gasteiger partial charge in [0, 0.05) is 24.0 Å². The van der Waals surface area contributed by atoms with E-state index in [0.29, 0.717) is 12.3 Å². The quantitative estimate of drug-likeness (QED) is 0.862. The first-order chi connectivity index (χ1) is 7.74. The van der Waals surface area contributed by atoms with Crippen LogP contribution in [0.5, 0.6) is 0 Å². The zero-order valence-electron chi connectivity index (χ0n) is 8.90. The Morgan fingerprint density at radius 3 is 2.56 bits per heavy atom. The van der Waals surface area contributed by atoms with Gasteiger partial charge in [-0.05, 0) is 23.6 Å². The van der Waals surface area contributed by atoms with Crippen LogP contribution >= 0.6 is 15.9 Å². The number of benzene rings is 1. The molecule has 0 aliphatic carbocycles. The largest absolute Gasteiger partial charge is 0.392 e. The van der Waals surface area contributed by atoms with Gasteiger partial charge in [-0.25, -0.2) is 0 Å². The fourth-order valence-electron chi connectivity index (χ4n) is 1.92. The lowest BCUT2D eigenvalue weighted by atomic mass is 10.2. The molecule has 1 atom stereocenters. The number of hydrogen-bond acceptors (Lipinski definition) is 2. The standard InChI is InChI=1S/C12H14BrNO2/c13-6-10-5-12(16)14(7-10)11-3-1-9(8-15)2-4-11/h1-4,10,15H,5-8H2. The summed E-state index contributed by atoms with van der Waals surface area (Å²) in [5.74, 6) is 0.589. The van der Waals surface area contributed by atoms with Crippen molar-refractivity contribution < 1.29 is 9.90 Å². The van der Waals surface area contributed by atoms with E-state index in [1.807, 2.05) is 29.2 Å². The van der Waals surface area contributed by atoms with Crippen LogP contribution in [0.15, 0.2) is 24.3 Å². The number of anilines is 1. The Bertz CT molecular complexity index is 377. The van der Waals surface area contributed by atoms with E-state index in [2.05, 4.69) is 15.9 Å². The van der Waals surface area contributed by atoms with Crippen LogP contribution in [0.3, 0.4) is 0 Å². The van der Waals surface area contributed by atoms with E-state index < -0.39 is 0 Å². The van der Waals surface area contributed by atoms with Gasteiger partial charge >= 0.3 is 0 Å². The van der Waals surface area contributed by atoms with Crippen LogP contribution < -0.4 is 4.90 Å². The molecule has 3 nitrogen and oxygen atoms in total. The number of hydrogen-bond donors (Lipinski definition) is 1. The molecule has 1 aliphatic heterocycles. The van der Waals surface area contributed by atoms with Crippen LogP contribution in [-0.2, 0) is 11.4 Å². The van der Waals surface area contributed by atoms with Gasteiger partial charge in [-0.2, -0.15) is 0 Å². The van der Waals surface area contributed by atoms with E-state index in [9.17, 15) is 4.79 Å². The summed E-state index contributed by atoms with van der Waals surface area (Å²) in [7, 11) is 0. The fourth-order valence-corrected chi connectivity index (χ4v) is 2.35. The molecule has 0 spiro atoms. The van der Waals surface area contributed by atoms with E-state index in [-0.39, 0.29) is 12.5 Å². The second kappa shape index (κ2) is 4.97. The third-order valence-electron chi connectivity index (χ3n) is 2.85. The highest BCUT2D eigenvalue weighted by Gasteiger charge is 2.29. The van der Waals surface area contributed by atoms with Crippen LogP contribution in [0.1, 0.15) is 12.0 Å². The summed E-state index contributed by atoms with van der Waals surface area (Å²) < 4.78 is 0. The highest BCUT2D eigenvalue weighted by molar-refractivity contribution is 9.09. The highest BCUT2D eigenvalue weighted by Crippen LogP contribution is 2.26. The van der Waals surface area contributed by atoms with Gasteiger partial charge in [-0.1, -0.05) is 28.1 Å². The molecule has 1 saturated heterocycles. The molecule has 0 radical (unpaired) electrons. The molecule has 1 fully saturated rings. The van der Waals surface area contributed by atoms with E-state index in [1.54, 1.807) is 0 Å². The topological polar surface area (TPSA) is 40.5 Å². The van der Waals surface area contributed by atoms with E-state index in [4.69, 9.17) is 5.11 Å². The van der Waals surface area contributed by atoms with Gasteiger partial charge in [0.15, 0.2) is 0 Å². The Morgan fingerprint density at radius 1 is 1.38 bits per heavy atom. The molecule has 0 aromatic heterocycles. The van der Waals surface area contributed by atoms with Crippen molar-refractivity contribution in [3.63, 3.8) is 0 Å². The monoisotopic (exact) mass is 283 g/mol. The predicted octanol–water partition coefficient (Wildman–Crippen LogP) is 1.93. The van der Waals surface area contributed by atoms with Gasteiger partial charge in [0.1, 0.15) is 0 Å². The molecule has 1 aromatic carbocycles. The lowest BCUT2D eigenvalue weighted by Gasteiger charge is -2.16. The third-order valence-corrected chi connectivity index (χ3v) is 3.77. The molecule has 86 valence electrons. The first-order valence-electron chi connectivity index (χ1n) is 5.30. The fraction of sp³-hybridized carbons (Fsp3) is 0.417. The van der Waals surface area contributed by atoms with Gasteiger partial charge in [0.2, 0.25) is 5.91 Å². The van der Waals surface area contributed by atoms with Crippen LogP contribution in [0.4, 0.5) is 5.69 Å². The molecular formula is C12H14BrNO2. The molecule has 16 heavy (non-hydrogen) atoms. The summed E-state index contributed by atoms with van der Waals surface area (Å²) in [5.41, 5.74) is 1.79. The van der Waals surface area contributed by atoms with Crippen molar-refractivity contribution >= 4 is 27.5 Å². The van der Waals surface area contributed by atoms with Crippen LogP contribution in [0.25, 0.3) is 0 Å². The minimum absolute atomic E-state index is 0.0399. The number of nitrogens with zero attached hydrogens (tertiary/aromatic N) is 1. The van der Waals surface area contributed by atoms with Crippen molar-refractivity contribution in [3.05, 3.63) is 29.8 Å². The van der Waals surface area contributed by atoms with Crippen molar-refractivity contribution in [2.75, 3.05) is 16.8 Å². The van der Waals surface area contributed by atoms with E-state index in [1.165, 1.54) is 0 Å². The first-order valence-corrected chi connectivity index (χ1v) is 6.43. The smallest absolute Gasteiger partial charge is 0.227 e. The number of rotatable bonds is 3. The van der Waals surface area contributed by atoms with Gasteiger partial charge in [-0.15, -0.1) is 0 Å². The second-order valence-electron chi connectivity index (χ2n) is 4.05. The molecule has 1 amide bonds. The Kier molecular flexibility index (Phi) is 3.61. The zero-order chi connectivity index (χ0) is 11.5. The van der Waals surface area contributed by atoms with Gasteiger partial charge in [0.25, 0.3) is 0 Å². The number of aliphatic hydroxyl groups is 1. The van der Waals surface area contributed by atoms with Gasteiger partial charge in [-0.3, -0.25) is 4.79 Å². The number of carbonyl (C=O) groups is 1. The number of halogens is 1. The molecule has 1 aromatic rings. The highest BCUT2D eigenvalue weighted by atomic mass is 79.9. The Labute approximate surface area is 103 Å². The molecule has 2 rings (SSSR count). The summed E-state index contributed by atoms with van der Waals surface area (Å²) in [6.07, 6.45) is 0.618. The summed E-state index contributed by atoms with van der Waals surface area (Å²) in [6.45, 7) is 0.820. The van der Waals surface area contributed by atoms with Crippen molar-refractivity contribution in [2.45, 2.75) is 13.0 Å². The summed E-state index contributed by atoms with van der Waals surface area (Å²) in [6, 6.07) is 7.48. The molecule has 1 unspecified atom stereocenters. The normalized spacial score (nSPS) is 20.5. The van der Waals surface area contributed by atoms with E-state index >= 15 is 0 Å². The number of carbonyl (C=O) groups excluding carboxylic acids is 1.